The molecule has 126 valence electrons. The second-order valence-corrected chi connectivity index (χ2v) is 6.47. The topological polar surface area (TPSA) is 76.1 Å². The molecule has 1 aromatic rings. The minimum absolute atomic E-state index is 0.0734. The van der Waals surface area contributed by atoms with Gasteiger partial charge < -0.3 is 14.6 Å². The van der Waals surface area contributed by atoms with Crippen molar-refractivity contribution in [3.05, 3.63) is 35.9 Å². The first-order chi connectivity index (χ1) is 10.8. The summed E-state index contributed by atoms with van der Waals surface area (Å²) in [6, 6.07) is 8.06. The van der Waals surface area contributed by atoms with Crippen molar-refractivity contribution >= 4 is 12.1 Å². The number of hydrogen-bond acceptors (Lipinski definition) is 5. The average Bonchev–Trinajstić information content (AvgIpc) is 2.48. The number of aliphatic hydroxyl groups excluding tert-OH is 1. The van der Waals surface area contributed by atoms with Gasteiger partial charge in [0.2, 0.25) is 0 Å². The smallest absolute Gasteiger partial charge is 0.411 e. The van der Waals surface area contributed by atoms with Crippen molar-refractivity contribution < 1.29 is 24.2 Å². The van der Waals surface area contributed by atoms with Gasteiger partial charge in [-0.25, -0.2) is 9.59 Å². The number of esters is 1. The normalized spacial score (nSPS) is 21.7. The van der Waals surface area contributed by atoms with Crippen molar-refractivity contribution in [3.63, 3.8) is 0 Å². The fraction of sp³-hybridized carbons (Fsp3) is 0.529. The Morgan fingerprint density at radius 2 is 2.00 bits per heavy atom. The first-order valence-corrected chi connectivity index (χ1v) is 7.67. The summed E-state index contributed by atoms with van der Waals surface area (Å²) < 4.78 is 10.7. The first-order valence-electron chi connectivity index (χ1n) is 7.67. The molecule has 0 radical (unpaired) electrons. The van der Waals surface area contributed by atoms with Gasteiger partial charge in [0.1, 0.15) is 18.2 Å². The van der Waals surface area contributed by atoms with E-state index in [0.29, 0.717) is 0 Å². The van der Waals surface area contributed by atoms with Gasteiger partial charge >= 0.3 is 12.1 Å². The number of morpholine rings is 1. The van der Waals surface area contributed by atoms with E-state index >= 15 is 0 Å². The zero-order chi connectivity index (χ0) is 17.0. The lowest BCUT2D eigenvalue weighted by Gasteiger charge is -2.41. The van der Waals surface area contributed by atoms with E-state index in [1.54, 1.807) is 20.8 Å². The summed E-state index contributed by atoms with van der Waals surface area (Å²) in [6.07, 6.45) is -0.469. The maximum atomic E-state index is 12.6. The number of cyclic esters (lactones) is 1. The highest BCUT2D eigenvalue weighted by molar-refractivity contribution is 5.83. The monoisotopic (exact) mass is 321 g/mol. The standard InChI is InChI=1S/C17H23NO5/c1-17(2,3)23-16(21)18-13(9-10-19)15(20)22-11-14(18)12-7-5-4-6-8-12/h4-8,13-14,19H,9-11H2,1-3H3/t13-,14+/m1/s1. The van der Waals surface area contributed by atoms with Crippen molar-refractivity contribution in [2.45, 2.75) is 44.9 Å². The molecular weight excluding hydrogens is 298 g/mol. The Balaban J connectivity index is 2.35. The number of carbonyl (C=O) groups excluding carboxylic acids is 2. The molecule has 6 nitrogen and oxygen atoms in total. The van der Waals surface area contributed by atoms with Gasteiger partial charge in [-0.05, 0) is 26.3 Å². The third-order valence-electron chi connectivity index (χ3n) is 3.52. The Morgan fingerprint density at radius 3 is 2.57 bits per heavy atom. The van der Waals surface area contributed by atoms with Crippen molar-refractivity contribution in [2.75, 3.05) is 13.2 Å². The highest BCUT2D eigenvalue weighted by Crippen LogP contribution is 2.31. The van der Waals surface area contributed by atoms with Crippen LogP contribution in [0.15, 0.2) is 30.3 Å². The third-order valence-corrected chi connectivity index (χ3v) is 3.52. The maximum Gasteiger partial charge on any atom is 0.411 e. The van der Waals surface area contributed by atoms with Gasteiger partial charge in [0.25, 0.3) is 0 Å². The van der Waals surface area contributed by atoms with Gasteiger partial charge in [0.05, 0.1) is 6.04 Å². The number of amides is 1. The minimum atomic E-state index is -0.853. The van der Waals surface area contributed by atoms with Crippen molar-refractivity contribution in [3.8, 4) is 0 Å². The molecule has 0 spiro atoms. The van der Waals surface area contributed by atoms with Gasteiger partial charge in [-0.2, -0.15) is 0 Å². The molecule has 1 N–H and O–H groups in total. The Kier molecular flexibility index (Phi) is 5.26. The van der Waals surface area contributed by atoms with E-state index in [1.807, 2.05) is 30.3 Å². The summed E-state index contributed by atoms with van der Waals surface area (Å²) >= 11 is 0. The Labute approximate surface area is 136 Å². The van der Waals surface area contributed by atoms with E-state index in [-0.39, 0.29) is 19.6 Å². The van der Waals surface area contributed by atoms with Gasteiger partial charge in [-0.15, -0.1) is 0 Å². The second kappa shape index (κ2) is 7.00. The maximum absolute atomic E-state index is 12.6. The fourth-order valence-electron chi connectivity index (χ4n) is 2.55. The van der Waals surface area contributed by atoms with E-state index in [2.05, 4.69) is 0 Å². The molecule has 0 aromatic heterocycles. The SMILES string of the molecule is CC(C)(C)OC(=O)N1[C@H](CCO)C(=O)OC[C@H]1c1ccccc1. The number of nitrogens with zero attached hydrogens (tertiary/aromatic N) is 1. The van der Waals surface area contributed by atoms with Gasteiger partial charge in [-0.1, -0.05) is 30.3 Å². The lowest BCUT2D eigenvalue weighted by atomic mass is 10.0. The predicted molar refractivity (Wildman–Crippen MR) is 83.7 cm³/mol. The predicted octanol–water partition coefficient (Wildman–Crippen LogP) is 2.27. The number of hydrogen-bond donors (Lipinski definition) is 1. The lowest BCUT2D eigenvalue weighted by Crippen LogP contribution is -2.54. The molecule has 1 amide bonds. The molecule has 1 aliphatic heterocycles. The summed E-state index contributed by atoms with van der Waals surface area (Å²) in [4.78, 5) is 26.1. The van der Waals surface area contributed by atoms with Crippen LogP contribution in [0.25, 0.3) is 0 Å². The third kappa shape index (κ3) is 4.22. The van der Waals surface area contributed by atoms with Crippen LogP contribution in [0.1, 0.15) is 38.8 Å². The summed E-state index contributed by atoms with van der Waals surface area (Å²) in [5.41, 5.74) is 0.178. The Morgan fingerprint density at radius 1 is 1.35 bits per heavy atom. The molecule has 0 saturated carbocycles. The zero-order valence-electron chi connectivity index (χ0n) is 13.7. The van der Waals surface area contributed by atoms with Gasteiger partial charge in [0.15, 0.2) is 0 Å². The molecule has 1 fully saturated rings. The first kappa shape index (κ1) is 17.3. The molecule has 1 heterocycles. The quantitative estimate of drug-likeness (QED) is 0.864. The summed E-state index contributed by atoms with van der Waals surface area (Å²) in [7, 11) is 0. The van der Waals surface area contributed by atoms with Crippen molar-refractivity contribution in [1.82, 2.24) is 4.90 Å². The van der Waals surface area contributed by atoms with E-state index in [1.165, 1.54) is 4.90 Å². The highest BCUT2D eigenvalue weighted by Gasteiger charge is 2.43. The van der Waals surface area contributed by atoms with Crippen LogP contribution in [0.4, 0.5) is 4.79 Å². The number of ether oxygens (including phenoxy) is 2. The Hall–Kier alpha value is -2.08. The van der Waals surface area contributed by atoms with Crippen LogP contribution in [0.5, 0.6) is 0 Å². The molecule has 1 saturated heterocycles. The number of carbonyl (C=O) groups is 2. The number of benzene rings is 1. The molecule has 2 atom stereocenters. The van der Waals surface area contributed by atoms with E-state index in [9.17, 15) is 14.7 Å². The molecule has 1 aliphatic rings. The molecule has 1 aromatic carbocycles. The number of aliphatic hydroxyl groups is 1. The van der Waals surface area contributed by atoms with E-state index < -0.39 is 29.7 Å². The van der Waals surface area contributed by atoms with Crippen LogP contribution in [0.2, 0.25) is 0 Å². The van der Waals surface area contributed by atoms with Gasteiger partial charge in [0, 0.05) is 13.0 Å². The largest absolute Gasteiger partial charge is 0.462 e. The second-order valence-electron chi connectivity index (χ2n) is 6.47. The van der Waals surface area contributed by atoms with Crippen LogP contribution >= 0.6 is 0 Å². The van der Waals surface area contributed by atoms with E-state index in [4.69, 9.17) is 9.47 Å². The molecule has 2 rings (SSSR count). The molecule has 0 unspecified atom stereocenters. The lowest BCUT2D eigenvalue weighted by molar-refractivity contribution is -0.162. The average molecular weight is 321 g/mol. The van der Waals surface area contributed by atoms with Crippen LogP contribution in [-0.2, 0) is 14.3 Å². The fourth-order valence-corrected chi connectivity index (χ4v) is 2.55. The molecule has 0 bridgehead atoms. The Bertz CT molecular complexity index is 552. The van der Waals surface area contributed by atoms with Crippen molar-refractivity contribution in [1.29, 1.82) is 0 Å². The summed E-state index contributed by atoms with van der Waals surface area (Å²) in [6.45, 7) is 5.16. The van der Waals surface area contributed by atoms with Gasteiger partial charge in [-0.3, -0.25) is 4.90 Å². The molecule has 0 aliphatic carbocycles. The summed E-state index contributed by atoms with van der Waals surface area (Å²) in [5.74, 6) is -0.517. The van der Waals surface area contributed by atoms with Crippen LogP contribution in [-0.4, -0.2) is 46.9 Å². The van der Waals surface area contributed by atoms with Crippen LogP contribution < -0.4 is 0 Å². The molecular formula is C17H23NO5. The minimum Gasteiger partial charge on any atom is -0.462 e. The van der Waals surface area contributed by atoms with Crippen LogP contribution in [0, 0.1) is 0 Å². The van der Waals surface area contributed by atoms with E-state index in [0.717, 1.165) is 5.56 Å². The number of rotatable bonds is 3. The zero-order valence-corrected chi connectivity index (χ0v) is 13.7. The molecule has 6 heteroatoms. The van der Waals surface area contributed by atoms with Crippen LogP contribution in [0.3, 0.4) is 0 Å². The van der Waals surface area contributed by atoms with Crippen molar-refractivity contribution in [2.24, 2.45) is 0 Å². The highest BCUT2D eigenvalue weighted by atomic mass is 16.6. The molecule has 23 heavy (non-hydrogen) atoms. The summed E-state index contributed by atoms with van der Waals surface area (Å²) in [5, 5.41) is 9.24.